The Morgan fingerprint density at radius 3 is 2.65 bits per heavy atom. The zero-order valence-corrected chi connectivity index (χ0v) is 12.8. The van der Waals surface area contributed by atoms with Crippen LogP contribution in [0.5, 0.6) is 0 Å². The number of likely N-dealkylation sites (tertiary alicyclic amines) is 1. The fourth-order valence-corrected chi connectivity index (χ4v) is 4.20. The minimum absolute atomic E-state index is 0.420. The lowest BCUT2D eigenvalue weighted by Gasteiger charge is -2.36. The Kier molecular flexibility index (Phi) is 5.03. The van der Waals surface area contributed by atoms with Crippen LogP contribution in [0.25, 0.3) is 0 Å². The Bertz CT molecular complexity index is 345. The van der Waals surface area contributed by atoms with Crippen LogP contribution in [0.15, 0.2) is 15.9 Å². The summed E-state index contributed by atoms with van der Waals surface area (Å²) in [6, 6.07) is 4.75. The molecule has 1 aliphatic heterocycles. The van der Waals surface area contributed by atoms with Crippen LogP contribution in [-0.2, 0) is 0 Å². The molecule has 0 radical (unpaired) electrons. The molecule has 1 atom stereocenters. The second-order valence-electron chi connectivity index (χ2n) is 4.78. The Morgan fingerprint density at radius 2 is 2.18 bits per heavy atom. The lowest BCUT2D eigenvalue weighted by molar-refractivity contribution is 0.135. The lowest BCUT2D eigenvalue weighted by atomic mass is 9.93. The second kappa shape index (κ2) is 6.32. The van der Waals surface area contributed by atoms with Crippen LogP contribution < -0.4 is 5.73 Å². The molecule has 0 saturated carbocycles. The molecule has 2 rings (SSSR count). The molecule has 0 amide bonds. The van der Waals surface area contributed by atoms with Crippen molar-refractivity contribution in [2.24, 2.45) is 11.7 Å². The number of nitrogens with two attached hydrogens (primary N) is 1. The van der Waals surface area contributed by atoms with E-state index in [2.05, 4.69) is 39.9 Å². The van der Waals surface area contributed by atoms with Crippen molar-refractivity contribution in [3.05, 3.63) is 20.8 Å². The maximum absolute atomic E-state index is 5.96. The van der Waals surface area contributed by atoms with Crippen molar-refractivity contribution in [2.75, 3.05) is 19.6 Å². The van der Waals surface area contributed by atoms with Gasteiger partial charge in [0.2, 0.25) is 0 Å². The van der Waals surface area contributed by atoms with Gasteiger partial charge in [-0.1, -0.05) is 13.3 Å². The van der Waals surface area contributed by atoms with Crippen molar-refractivity contribution in [3.63, 3.8) is 0 Å². The highest BCUT2D eigenvalue weighted by Gasteiger charge is 2.25. The van der Waals surface area contributed by atoms with E-state index in [0.717, 1.165) is 12.5 Å². The number of rotatable bonds is 4. The van der Waals surface area contributed by atoms with Crippen LogP contribution in [-0.4, -0.2) is 24.5 Å². The van der Waals surface area contributed by atoms with Crippen LogP contribution in [0.3, 0.4) is 0 Å². The molecule has 2 nitrogen and oxygen atoms in total. The lowest BCUT2D eigenvalue weighted by Crippen LogP contribution is -2.39. The third kappa shape index (κ3) is 3.31. The molecule has 1 fully saturated rings. The molecule has 1 aromatic heterocycles. The summed E-state index contributed by atoms with van der Waals surface area (Å²) in [5.41, 5.74) is 5.96. The summed E-state index contributed by atoms with van der Waals surface area (Å²) in [4.78, 5) is 3.96. The van der Waals surface area contributed by atoms with Gasteiger partial charge in [-0.2, -0.15) is 0 Å². The van der Waals surface area contributed by atoms with Crippen LogP contribution in [0.2, 0.25) is 0 Å². The van der Waals surface area contributed by atoms with Gasteiger partial charge in [-0.15, -0.1) is 11.3 Å². The summed E-state index contributed by atoms with van der Waals surface area (Å²) in [6.45, 7) is 5.44. The molecular formula is C13H21BrN2S. The van der Waals surface area contributed by atoms with E-state index >= 15 is 0 Å². The van der Waals surface area contributed by atoms with E-state index in [9.17, 15) is 0 Å². The normalized spacial score (nSPS) is 20.6. The van der Waals surface area contributed by atoms with E-state index in [4.69, 9.17) is 5.73 Å². The quantitative estimate of drug-likeness (QED) is 0.919. The highest BCUT2D eigenvalue weighted by molar-refractivity contribution is 9.11. The van der Waals surface area contributed by atoms with Gasteiger partial charge in [0, 0.05) is 11.4 Å². The zero-order chi connectivity index (χ0) is 12.3. The number of piperidine rings is 1. The number of nitrogens with zero attached hydrogens (tertiary/aromatic N) is 1. The fraction of sp³-hybridized carbons (Fsp3) is 0.692. The van der Waals surface area contributed by atoms with Gasteiger partial charge in [0.25, 0.3) is 0 Å². The second-order valence-corrected chi connectivity index (χ2v) is 7.28. The maximum Gasteiger partial charge on any atom is 0.0702 e. The topological polar surface area (TPSA) is 29.3 Å². The summed E-state index contributed by atoms with van der Waals surface area (Å²) in [7, 11) is 0. The first-order valence-electron chi connectivity index (χ1n) is 6.44. The number of halogens is 1. The minimum Gasteiger partial charge on any atom is -0.329 e. The maximum atomic E-state index is 5.96. The zero-order valence-electron chi connectivity index (χ0n) is 10.4. The molecule has 0 aliphatic carbocycles. The minimum atomic E-state index is 0.420. The average Bonchev–Trinajstić information content (AvgIpc) is 2.78. The molecule has 4 heteroatoms. The van der Waals surface area contributed by atoms with E-state index in [1.165, 1.54) is 41.0 Å². The third-order valence-corrected chi connectivity index (χ3v) is 5.54. The van der Waals surface area contributed by atoms with Gasteiger partial charge in [-0.3, -0.25) is 4.90 Å². The van der Waals surface area contributed by atoms with Crippen molar-refractivity contribution in [1.82, 2.24) is 4.90 Å². The largest absolute Gasteiger partial charge is 0.329 e. The van der Waals surface area contributed by atoms with E-state index in [1.54, 1.807) is 0 Å². The SMILES string of the molecule is CCC1CCN(C(CN)c2ccc(Br)s2)CC1. The van der Waals surface area contributed by atoms with Crippen molar-refractivity contribution >= 4 is 27.3 Å². The van der Waals surface area contributed by atoms with Gasteiger partial charge in [-0.25, -0.2) is 0 Å². The van der Waals surface area contributed by atoms with Crippen molar-refractivity contribution in [1.29, 1.82) is 0 Å². The smallest absolute Gasteiger partial charge is 0.0702 e. The molecule has 1 saturated heterocycles. The van der Waals surface area contributed by atoms with E-state index in [-0.39, 0.29) is 0 Å². The van der Waals surface area contributed by atoms with Gasteiger partial charge in [-0.05, 0) is 59.9 Å². The fourth-order valence-electron chi connectivity index (χ4n) is 2.63. The predicted octanol–water partition coefficient (Wildman–Crippen LogP) is 3.63. The summed E-state index contributed by atoms with van der Waals surface area (Å²) in [6.07, 6.45) is 3.99. The molecule has 96 valence electrons. The Morgan fingerprint density at radius 1 is 1.47 bits per heavy atom. The molecule has 0 spiro atoms. The van der Waals surface area contributed by atoms with Gasteiger partial charge >= 0.3 is 0 Å². The molecule has 2 heterocycles. The summed E-state index contributed by atoms with van der Waals surface area (Å²) >= 11 is 5.35. The Hall–Kier alpha value is 0.1000. The van der Waals surface area contributed by atoms with Gasteiger partial charge in [0.05, 0.1) is 9.83 Å². The van der Waals surface area contributed by atoms with E-state index < -0.39 is 0 Å². The first-order valence-corrected chi connectivity index (χ1v) is 8.05. The predicted molar refractivity (Wildman–Crippen MR) is 78.4 cm³/mol. The molecule has 1 aromatic rings. The average molecular weight is 317 g/mol. The van der Waals surface area contributed by atoms with Crippen LogP contribution in [0, 0.1) is 5.92 Å². The van der Waals surface area contributed by atoms with Crippen LogP contribution in [0.4, 0.5) is 0 Å². The first kappa shape index (κ1) is 13.5. The monoisotopic (exact) mass is 316 g/mol. The van der Waals surface area contributed by atoms with Crippen molar-refractivity contribution < 1.29 is 0 Å². The Labute approximate surface area is 116 Å². The molecule has 17 heavy (non-hydrogen) atoms. The van der Waals surface area contributed by atoms with Crippen LogP contribution in [0.1, 0.15) is 37.1 Å². The molecule has 2 N–H and O–H groups in total. The van der Waals surface area contributed by atoms with E-state index in [0.29, 0.717) is 6.04 Å². The molecular weight excluding hydrogens is 296 g/mol. The highest BCUT2D eigenvalue weighted by atomic mass is 79.9. The van der Waals surface area contributed by atoms with Crippen molar-refractivity contribution in [3.8, 4) is 0 Å². The van der Waals surface area contributed by atoms with Crippen LogP contribution >= 0.6 is 27.3 Å². The molecule has 1 unspecified atom stereocenters. The summed E-state index contributed by atoms with van der Waals surface area (Å²) in [5.74, 6) is 0.930. The van der Waals surface area contributed by atoms with E-state index in [1.807, 2.05) is 11.3 Å². The summed E-state index contributed by atoms with van der Waals surface area (Å²) < 4.78 is 1.20. The molecule has 1 aliphatic rings. The summed E-state index contributed by atoms with van der Waals surface area (Å²) in [5, 5.41) is 0. The molecule has 0 aromatic carbocycles. The highest BCUT2D eigenvalue weighted by Crippen LogP contribution is 2.33. The number of hydrogen-bond acceptors (Lipinski definition) is 3. The van der Waals surface area contributed by atoms with Gasteiger partial charge < -0.3 is 5.73 Å². The number of hydrogen-bond donors (Lipinski definition) is 1. The van der Waals surface area contributed by atoms with Gasteiger partial charge in [0.1, 0.15) is 0 Å². The third-order valence-electron chi connectivity index (χ3n) is 3.81. The van der Waals surface area contributed by atoms with Gasteiger partial charge in [0.15, 0.2) is 0 Å². The van der Waals surface area contributed by atoms with Crippen molar-refractivity contribution in [2.45, 2.75) is 32.2 Å². The first-order chi connectivity index (χ1) is 8.24. The number of thiophene rings is 1. The molecule has 0 bridgehead atoms. The standard InChI is InChI=1S/C13H21BrN2S/c1-2-10-5-7-16(8-6-10)11(9-15)12-3-4-13(14)17-12/h3-4,10-11H,2,5-9,15H2,1H3. The Balaban J connectivity index is 2.00.